The smallest absolute Gasteiger partial charge is 0.252 e. The lowest BCUT2D eigenvalue weighted by atomic mass is 10.00. The highest BCUT2D eigenvalue weighted by Gasteiger charge is 2.23. The number of nitrogen functional groups attached to an aromatic ring is 1. The molecule has 1 aliphatic rings. The maximum atomic E-state index is 12.1. The maximum Gasteiger partial charge on any atom is 0.252 e. The predicted octanol–water partition coefficient (Wildman–Crippen LogP) is 2.40. The molecular formula is C14H21ClN2O2. The normalized spacial score (nSPS) is 13.6. The van der Waals surface area contributed by atoms with Crippen LogP contribution in [0.4, 0.5) is 11.4 Å². The van der Waals surface area contributed by atoms with Gasteiger partial charge in [-0.2, -0.15) is 0 Å². The number of fused-ring (bicyclic) bond motifs is 1. The number of ether oxygens (including phenoxy) is 1. The Labute approximate surface area is 120 Å². The van der Waals surface area contributed by atoms with Gasteiger partial charge in [-0.05, 0) is 37.0 Å². The third kappa shape index (κ3) is 3.61. The summed E-state index contributed by atoms with van der Waals surface area (Å²) in [4.78, 5) is 13.9. The molecule has 0 saturated carbocycles. The van der Waals surface area contributed by atoms with Crippen LogP contribution in [0, 0.1) is 0 Å². The average Bonchev–Trinajstić information content (AvgIpc) is 2.39. The maximum absolute atomic E-state index is 12.1. The first-order chi connectivity index (χ1) is 8.74. The van der Waals surface area contributed by atoms with Crippen molar-refractivity contribution in [1.29, 1.82) is 0 Å². The van der Waals surface area contributed by atoms with Crippen molar-refractivity contribution < 1.29 is 9.53 Å². The second-order valence-corrected chi connectivity index (χ2v) is 4.55. The van der Waals surface area contributed by atoms with Crippen molar-refractivity contribution in [3.63, 3.8) is 0 Å². The minimum Gasteiger partial charge on any atom is -0.398 e. The van der Waals surface area contributed by atoms with Crippen molar-refractivity contribution in [2.24, 2.45) is 0 Å². The predicted molar refractivity (Wildman–Crippen MR) is 79.9 cm³/mol. The highest BCUT2D eigenvalue weighted by atomic mass is 35.5. The summed E-state index contributed by atoms with van der Waals surface area (Å²) < 4.78 is 5.32. The van der Waals surface area contributed by atoms with Gasteiger partial charge in [0.1, 0.15) is 6.61 Å². The largest absolute Gasteiger partial charge is 0.398 e. The summed E-state index contributed by atoms with van der Waals surface area (Å²) in [7, 11) is 0. The van der Waals surface area contributed by atoms with Crippen LogP contribution in [-0.2, 0) is 16.0 Å². The number of halogens is 1. The molecular weight excluding hydrogens is 264 g/mol. The molecule has 106 valence electrons. The number of nitrogens with zero attached hydrogens (tertiary/aromatic N) is 1. The zero-order chi connectivity index (χ0) is 13.0. The van der Waals surface area contributed by atoms with Gasteiger partial charge in [-0.1, -0.05) is 13.0 Å². The Morgan fingerprint density at radius 1 is 1.47 bits per heavy atom. The van der Waals surface area contributed by atoms with Crippen LogP contribution in [0.15, 0.2) is 18.2 Å². The highest BCUT2D eigenvalue weighted by molar-refractivity contribution is 5.96. The van der Waals surface area contributed by atoms with Gasteiger partial charge in [0.25, 0.3) is 5.91 Å². The van der Waals surface area contributed by atoms with Gasteiger partial charge in [0.15, 0.2) is 0 Å². The summed E-state index contributed by atoms with van der Waals surface area (Å²) in [6.45, 7) is 3.57. The molecule has 5 heteroatoms. The molecule has 0 aromatic heterocycles. The van der Waals surface area contributed by atoms with E-state index in [1.807, 2.05) is 25.1 Å². The highest BCUT2D eigenvalue weighted by Crippen LogP contribution is 2.31. The molecule has 2 rings (SSSR count). The van der Waals surface area contributed by atoms with E-state index in [9.17, 15) is 4.79 Å². The van der Waals surface area contributed by atoms with E-state index in [0.717, 1.165) is 42.7 Å². The Morgan fingerprint density at radius 3 is 3.00 bits per heavy atom. The van der Waals surface area contributed by atoms with Gasteiger partial charge in [0.2, 0.25) is 0 Å². The van der Waals surface area contributed by atoms with E-state index in [0.29, 0.717) is 6.61 Å². The van der Waals surface area contributed by atoms with Gasteiger partial charge in [0, 0.05) is 24.5 Å². The van der Waals surface area contributed by atoms with Crippen molar-refractivity contribution in [3.8, 4) is 0 Å². The molecule has 0 saturated heterocycles. The van der Waals surface area contributed by atoms with Crippen LogP contribution in [0.2, 0.25) is 0 Å². The Bertz CT molecular complexity index is 437. The molecule has 2 N–H and O–H groups in total. The molecule has 0 atom stereocenters. The second-order valence-electron chi connectivity index (χ2n) is 4.55. The Balaban J connectivity index is 0.00000180. The first-order valence-corrected chi connectivity index (χ1v) is 6.49. The average molecular weight is 285 g/mol. The van der Waals surface area contributed by atoms with Crippen molar-refractivity contribution >= 4 is 29.7 Å². The van der Waals surface area contributed by atoms with Gasteiger partial charge in [0.05, 0.1) is 0 Å². The van der Waals surface area contributed by atoms with E-state index in [-0.39, 0.29) is 24.9 Å². The molecule has 0 radical (unpaired) electrons. The molecule has 0 spiro atoms. The van der Waals surface area contributed by atoms with Crippen molar-refractivity contribution in [3.05, 3.63) is 23.8 Å². The summed E-state index contributed by atoms with van der Waals surface area (Å²) in [5, 5.41) is 0. The first-order valence-electron chi connectivity index (χ1n) is 6.49. The number of anilines is 2. The zero-order valence-corrected chi connectivity index (χ0v) is 12.0. The van der Waals surface area contributed by atoms with E-state index in [1.165, 1.54) is 0 Å². The van der Waals surface area contributed by atoms with E-state index in [2.05, 4.69) is 0 Å². The number of amides is 1. The van der Waals surface area contributed by atoms with E-state index < -0.39 is 0 Å². The minimum atomic E-state index is 0. The summed E-state index contributed by atoms with van der Waals surface area (Å²) in [6, 6.07) is 5.75. The molecule has 1 amide bonds. The van der Waals surface area contributed by atoms with Crippen LogP contribution in [0.25, 0.3) is 0 Å². The zero-order valence-electron chi connectivity index (χ0n) is 11.2. The van der Waals surface area contributed by atoms with E-state index in [1.54, 1.807) is 4.90 Å². The van der Waals surface area contributed by atoms with Crippen LogP contribution in [0.1, 0.15) is 25.3 Å². The third-order valence-corrected chi connectivity index (χ3v) is 3.16. The van der Waals surface area contributed by atoms with E-state index >= 15 is 0 Å². The molecule has 1 heterocycles. The van der Waals surface area contributed by atoms with Crippen molar-refractivity contribution in [1.82, 2.24) is 0 Å². The van der Waals surface area contributed by atoms with Crippen molar-refractivity contribution in [2.75, 3.05) is 30.4 Å². The Morgan fingerprint density at radius 2 is 2.26 bits per heavy atom. The minimum absolute atomic E-state index is 0. The van der Waals surface area contributed by atoms with Crippen LogP contribution in [0.5, 0.6) is 0 Å². The molecule has 4 nitrogen and oxygen atoms in total. The number of benzene rings is 1. The summed E-state index contributed by atoms with van der Waals surface area (Å²) in [6.07, 6.45) is 2.83. The summed E-state index contributed by atoms with van der Waals surface area (Å²) in [5.74, 6) is 0.0231. The van der Waals surface area contributed by atoms with Gasteiger partial charge in [-0.25, -0.2) is 0 Å². The molecule has 0 bridgehead atoms. The molecule has 0 fully saturated rings. The second kappa shape index (κ2) is 7.36. The number of carbonyl (C=O) groups excluding carboxylic acids is 1. The van der Waals surface area contributed by atoms with Gasteiger partial charge in [-0.15, -0.1) is 12.4 Å². The van der Waals surface area contributed by atoms with Crippen LogP contribution >= 0.6 is 12.4 Å². The molecule has 0 aliphatic carbocycles. The fourth-order valence-electron chi connectivity index (χ4n) is 2.29. The van der Waals surface area contributed by atoms with Gasteiger partial charge in [-0.3, -0.25) is 4.79 Å². The standard InChI is InChI=1S/C14H20N2O2.ClH/c1-2-9-18-10-14(17)16-8-4-5-11-12(15)6-3-7-13(11)16;/h3,6-7H,2,4-5,8-10,15H2,1H3;1H. The third-order valence-electron chi connectivity index (χ3n) is 3.16. The lowest BCUT2D eigenvalue weighted by Gasteiger charge is -2.30. The number of carbonyl (C=O) groups is 1. The SMILES string of the molecule is CCCOCC(=O)N1CCCc2c(N)cccc21.Cl. The van der Waals surface area contributed by atoms with Crippen LogP contribution in [-0.4, -0.2) is 25.7 Å². The number of rotatable bonds is 4. The number of nitrogens with two attached hydrogens (primary N) is 1. The summed E-state index contributed by atoms with van der Waals surface area (Å²) >= 11 is 0. The van der Waals surface area contributed by atoms with Gasteiger partial charge < -0.3 is 15.4 Å². The Hall–Kier alpha value is -1.26. The topological polar surface area (TPSA) is 55.6 Å². The fourth-order valence-corrected chi connectivity index (χ4v) is 2.29. The monoisotopic (exact) mass is 284 g/mol. The number of hydrogen-bond donors (Lipinski definition) is 1. The molecule has 1 aromatic carbocycles. The lowest BCUT2D eigenvalue weighted by molar-refractivity contribution is -0.123. The van der Waals surface area contributed by atoms with Crippen LogP contribution in [0.3, 0.4) is 0 Å². The Kier molecular flexibility index (Phi) is 6.12. The fraction of sp³-hybridized carbons (Fsp3) is 0.500. The van der Waals surface area contributed by atoms with Crippen LogP contribution < -0.4 is 10.6 Å². The summed E-state index contributed by atoms with van der Waals surface area (Å²) in [5.41, 5.74) is 8.77. The molecule has 0 unspecified atom stereocenters. The van der Waals surface area contributed by atoms with Crippen molar-refractivity contribution in [2.45, 2.75) is 26.2 Å². The lowest BCUT2D eigenvalue weighted by Crippen LogP contribution is -2.38. The number of hydrogen-bond acceptors (Lipinski definition) is 3. The van der Waals surface area contributed by atoms with Gasteiger partial charge >= 0.3 is 0 Å². The molecule has 19 heavy (non-hydrogen) atoms. The molecule has 1 aromatic rings. The quantitative estimate of drug-likeness (QED) is 0.682. The first kappa shape index (κ1) is 15.8. The molecule has 1 aliphatic heterocycles. The van der Waals surface area contributed by atoms with E-state index in [4.69, 9.17) is 10.5 Å².